The predicted octanol–water partition coefficient (Wildman–Crippen LogP) is 4.08. The second-order valence-electron chi connectivity index (χ2n) is 9.20. The van der Waals surface area contributed by atoms with Crippen molar-refractivity contribution in [2.45, 2.75) is 50.5 Å². The lowest BCUT2D eigenvalue weighted by atomic mass is 9.72. The maximum Gasteiger partial charge on any atom is 0.336 e. The van der Waals surface area contributed by atoms with Crippen molar-refractivity contribution < 1.29 is 33.3 Å². The zero-order valence-corrected chi connectivity index (χ0v) is 19.8. The molecular weight excluding hydrogens is 450 g/mol. The van der Waals surface area contributed by atoms with E-state index in [1.165, 1.54) is 7.11 Å². The number of aromatic hydroxyl groups is 1. The van der Waals surface area contributed by atoms with Gasteiger partial charge >= 0.3 is 5.97 Å². The molecule has 3 aliphatic rings. The number of esters is 1. The topological polar surface area (TPSA) is 107 Å². The zero-order chi connectivity index (χ0) is 24.5. The molecular formula is C27H29NO7. The van der Waals surface area contributed by atoms with Gasteiger partial charge in [0, 0.05) is 41.8 Å². The van der Waals surface area contributed by atoms with Crippen molar-refractivity contribution in [3.05, 3.63) is 70.5 Å². The maximum atomic E-state index is 13.5. The Hall–Kier alpha value is -3.52. The number of carbonyl (C=O) groups excluding carboxylic acids is 2. The van der Waals surface area contributed by atoms with Crippen molar-refractivity contribution >= 4 is 11.8 Å². The van der Waals surface area contributed by atoms with Crippen molar-refractivity contribution in [1.29, 1.82) is 0 Å². The Morgan fingerprint density at radius 3 is 2.80 bits per heavy atom. The standard InChI is InChI=1S/C27H29NO7/c1-15-24(27(31)35-14-18-5-3-9-33-18)25(16-7-8-23(32-2)20(29)12-16)26-19(28-15)11-17(13-21(26)30)22-6-4-10-34-22/h4,6-8,10,12,17-18,25,28-29H,3,5,9,11,13-14H2,1-2H3/t17-,18+,25-/m0/s1. The summed E-state index contributed by atoms with van der Waals surface area (Å²) >= 11 is 0. The van der Waals surface area contributed by atoms with E-state index in [0.717, 1.165) is 24.3 Å². The van der Waals surface area contributed by atoms with Crippen LogP contribution in [0.25, 0.3) is 0 Å². The van der Waals surface area contributed by atoms with Gasteiger partial charge in [-0.25, -0.2) is 4.79 Å². The highest BCUT2D eigenvalue weighted by Gasteiger charge is 2.42. The molecule has 2 N–H and O–H groups in total. The zero-order valence-electron chi connectivity index (χ0n) is 19.8. The summed E-state index contributed by atoms with van der Waals surface area (Å²) < 4.78 is 22.0. The maximum absolute atomic E-state index is 13.5. The Morgan fingerprint density at radius 2 is 2.11 bits per heavy atom. The first-order valence-corrected chi connectivity index (χ1v) is 11.9. The van der Waals surface area contributed by atoms with Crippen LogP contribution in [0.15, 0.2) is 63.6 Å². The lowest BCUT2D eigenvalue weighted by molar-refractivity contribution is -0.142. The monoisotopic (exact) mass is 479 g/mol. The summed E-state index contributed by atoms with van der Waals surface area (Å²) in [5.74, 6) is -0.330. The normalized spacial score (nSPS) is 24.3. The molecule has 0 unspecified atom stereocenters. The summed E-state index contributed by atoms with van der Waals surface area (Å²) in [6, 6.07) is 8.64. The van der Waals surface area contributed by atoms with Crippen molar-refractivity contribution in [2.24, 2.45) is 0 Å². The lowest BCUT2D eigenvalue weighted by Crippen LogP contribution is -2.36. The molecule has 0 saturated carbocycles. The van der Waals surface area contributed by atoms with Gasteiger partial charge in [0.05, 0.1) is 25.1 Å². The second kappa shape index (κ2) is 9.62. The molecule has 1 aromatic heterocycles. The third kappa shape index (κ3) is 4.46. The first-order chi connectivity index (χ1) is 17.0. The molecule has 0 radical (unpaired) electrons. The van der Waals surface area contributed by atoms with Gasteiger partial charge in [-0.3, -0.25) is 4.79 Å². The third-order valence-electron chi connectivity index (χ3n) is 6.95. The summed E-state index contributed by atoms with van der Waals surface area (Å²) in [6.07, 6.45) is 4.13. The molecule has 8 nitrogen and oxygen atoms in total. The number of rotatable bonds is 6. The largest absolute Gasteiger partial charge is 0.504 e. The molecule has 8 heteroatoms. The minimum absolute atomic E-state index is 0.0628. The van der Waals surface area contributed by atoms with Gasteiger partial charge < -0.3 is 29.1 Å². The van der Waals surface area contributed by atoms with Crippen LogP contribution in [0.1, 0.15) is 55.8 Å². The second-order valence-corrected chi connectivity index (χ2v) is 9.20. The molecule has 1 fully saturated rings. The molecule has 1 aromatic carbocycles. The number of hydrogen-bond donors (Lipinski definition) is 2. The molecule has 0 spiro atoms. The van der Waals surface area contributed by atoms with Gasteiger partial charge in [0.2, 0.25) is 0 Å². The van der Waals surface area contributed by atoms with Crippen LogP contribution in [0, 0.1) is 0 Å². The number of phenols is 1. The minimum atomic E-state index is -0.676. The highest BCUT2D eigenvalue weighted by molar-refractivity contribution is 6.04. The molecule has 5 rings (SSSR count). The van der Waals surface area contributed by atoms with Crippen LogP contribution in [0.2, 0.25) is 0 Å². The van der Waals surface area contributed by atoms with Gasteiger partial charge in [0.1, 0.15) is 12.4 Å². The molecule has 2 aromatic rings. The van der Waals surface area contributed by atoms with Gasteiger partial charge in [-0.15, -0.1) is 0 Å². The molecule has 1 aliphatic carbocycles. The number of furan rings is 1. The smallest absolute Gasteiger partial charge is 0.336 e. The predicted molar refractivity (Wildman–Crippen MR) is 126 cm³/mol. The SMILES string of the molecule is COc1ccc([C@H]2C(C(=O)OC[C@H]3CCCO3)=C(C)NC3=C2C(=O)C[C@@H](c2ccco2)C3)cc1O. The van der Waals surface area contributed by atoms with E-state index in [-0.39, 0.29) is 36.6 Å². The number of phenolic OH excluding ortho intramolecular Hbond substituents is 1. The molecule has 35 heavy (non-hydrogen) atoms. The van der Waals surface area contributed by atoms with Crippen LogP contribution in [-0.4, -0.2) is 43.3 Å². The summed E-state index contributed by atoms with van der Waals surface area (Å²) in [4.78, 5) is 26.9. The fourth-order valence-electron chi connectivity index (χ4n) is 5.28. The van der Waals surface area contributed by atoms with Crippen molar-refractivity contribution in [3.8, 4) is 11.5 Å². The Morgan fingerprint density at radius 1 is 1.26 bits per heavy atom. The van der Waals surface area contributed by atoms with E-state index in [9.17, 15) is 14.7 Å². The molecule has 3 heterocycles. The van der Waals surface area contributed by atoms with Crippen LogP contribution in [-0.2, 0) is 19.1 Å². The van der Waals surface area contributed by atoms with Crippen LogP contribution in [0.4, 0.5) is 0 Å². The molecule has 2 aliphatic heterocycles. The van der Waals surface area contributed by atoms with Gasteiger partial charge in [-0.05, 0) is 56.0 Å². The third-order valence-corrected chi connectivity index (χ3v) is 6.95. The first kappa shape index (κ1) is 23.2. The molecule has 3 atom stereocenters. The number of methoxy groups -OCH3 is 1. The van der Waals surface area contributed by atoms with Gasteiger partial charge in [0.25, 0.3) is 0 Å². The van der Waals surface area contributed by atoms with E-state index in [2.05, 4.69) is 5.32 Å². The average Bonchev–Trinajstić information content (AvgIpc) is 3.56. The van der Waals surface area contributed by atoms with Crippen LogP contribution in [0.3, 0.4) is 0 Å². The Kier molecular flexibility index (Phi) is 6.38. The van der Waals surface area contributed by atoms with E-state index >= 15 is 0 Å². The van der Waals surface area contributed by atoms with Crippen LogP contribution >= 0.6 is 0 Å². The highest BCUT2D eigenvalue weighted by Crippen LogP contribution is 2.47. The summed E-state index contributed by atoms with van der Waals surface area (Å²) in [6.45, 7) is 2.64. The van der Waals surface area contributed by atoms with E-state index in [1.54, 1.807) is 24.5 Å². The minimum Gasteiger partial charge on any atom is -0.504 e. The van der Waals surface area contributed by atoms with Crippen LogP contribution in [0.5, 0.6) is 11.5 Å². The van der Waals surface area contributed by atoms with E-state index in [0.29, 0.717) is 41.2 Å². The number of benzene rings is 1. The van der Waals surface area contributed by atoms with Crippen molar-refractivity contribution in [3.63, 3.8) is 0 Å². The number of hydrogen-bond acceptors (Lipinski definition) is 8. The van der Waals surface area contributed by atoms with Gasteiger partial charge in [-0.2, -0.15) is 0 Å². The lowest BCUT2D eigenvalue weighted by Gasteiger charge is -2.36. The first-order valence-electron chi connectivity index (χ1n) is 11.9. The Balaban J connectivity index is 1.52. The number of dihydropyridines is 1. The van der Waals surface area contributed by atoms with Crippen molar-refractivity contribution in [1.82, 2.24) is 5.32 Å². The number of carbonyl (C=O) groups is 2. The molecule has 0 amide bonds. The number of nitrogens with one attached hydrogen (secondary N) is 1. The Labute approximate surface area is 203 Å². The highest BCUT2D eigenvalue weighted by atomic mass is 16.6. The number of allylic oxidation sites excluding steroid dienone is 3. The summed E-state index contributed by atoms with van der Waals surface area (Å²) in [5.41, 5.74) is 2.87. The quantitative estimate of drug-likeness (QED) is 0.597. The fourth-order valence-corrected chi connectivity index (χ4v) is 5.28. The Bertz CT molecular complexity index is 1190. The summed E-state index contributed by atoms with van der Waals surface area (Å²) in [5, 5.41) is 13.8. The van der Waals surface area contributed by atoms with Gasteiger partial charge in [0.15, 0.2) is 17.3 Å². The number of ketones is 1. The molecule has 1 saturated heterocycles. The fraction of sp³-hybridized carbons (Fsp3) is 0.407. The number of ether oxygens (including phenoxy) is 3. The molecule has 184 valence electrons. The van der Waals surface area contributed by atoms with Gasteiger partial charge in [-0.1, -0.05) is 6.07 Å². The average molecular weight is 480 g/mol. The summed E-state index contributed by atoms with van der Waals surface area (Å²) in [7, 11) is 1.47. The van der Waals surface area contributed by atoms with Crippen molar-refractivity contribution in [2.75, 3.05) is 20.3 Å². The van der Waals surface area contributed by atoms with Crippen LogP contribution < -0.4 is 10.1 Å². The number of Topliss-reactive ketones (excluding diaryl/α,β-unsaturated/α-hetero) is 1. The van der Waals surface area contributed by atoms with E-state index < -0.39 is 11.9 Å². The van der Waals surface area contributed by atoms with E-state index in [1.807, 2.05) is 19.1 Å². The molecule has 0 bridgehead atoms. The van der Waals surface area contributed by atoms with E-state index in [4.69, 9.17) is 18.6 Å².